The van der Waals surface area contributed by atoms with E-state index in [2.05, 4.69) is 12.1 Å². The summed E-state index contributed by atoms with van der Waals surface area (Å²) in [5.74, 6) is -0.520. The summed E-state index contributed by atoms with van der Waals surface area (Å²) < 4.78 is 0. The number of piperidine rings is 1. The lowest BCUT2D eigenvalue weighted by Gasteiger charge is -2.30. The number of carboxylic acid groups (broad SMARTS) is 1. The molecule has 136 valence electrons. The van der Waals surface area contributed by atoms with Gasteiger partial charge in [0.1, 0.15) is 6.54 Å². The van der Waals surface area contributed by atoms with Crippen LogP contribution in [-0.2, 0) is 28.9 Å². The molecule has 1 unspecified atom stereocenters. The van der Waals surface area contributed by atoms with Gasteiger partial charge in [-0.15, -0.1) is 0 Å². The molecule has 2 aliphatic rings. The second-order valence-electron chi connectivity index (χ2n) is 7.43. The van der Waals surface area contributed by atoms with E-state index in [1.165, 1.54) is 41.1 Å². The zero-order chi connectivity index (χ0) is 17.6. The first kappa shape index (κ1) is 17.9. The summed E-state index contributed by atoms with van der Waals surface area (Å²) in [7, 11) is 0. The predicted octanol–water partition coefficient (Wildman–Crippen LogP) is 3.00. The van der Waals surface area contributed by atoms with Crippen LogP contribution in [0.15, 0.2) is 12.1 Å². The molecule has 1 aliphatic heterocycles. The Hall–Kier alpha value is -1.91. The molecule has 25 heavy (non-hydrogen) atoms. The highest BCUT2D eigenvalue weighted by Crippen LogP contribution is 2.24. The Kier molecular flexibility index (Phi) is 6.05. The van der Waals surface area contributed by atoms with Crippen LogP contribution in [0, 0.1) is 5.92 Å². The average Bonchev–Trinajstić information content (AvgIpc) is 2.60. The van der Waals surface area contributed by atoms with Crippen LogP contribution in [0.2, 0.25) is 0 Å². The van der Waals surface area contributed by atoms with E-state index >= 15 is 0 Å². The van der Waals surface area contributed by atoms with Gasteiger partial charge in [0.15, 0.2) is 0 Å². The number of pyridine rings is 1. The van der Waals surface area contributed by atoms with Crippen LogP contribution >= 0.6 is 0 Å². The van der Waals surface area contributed by atoms with Gasteiger partial charge >= 0.3 is 5.97 Å². The Morgan fingerprint density at radius 3 is 2.88 bits per heavy atom. The second-order valence-corrected chi connectivity index (χ2v) is 7.43. The molecule has 5 heteroatoms. The summed E-state index contributed by atoms with van der Waals surface area (Å²) in [5, 5.41) is 8.81. The maximum atomic E-state index is 12.0. The summed E-state index contributed by atoms with van der Waals surface area (Å²) in [6.07, 6.45) is 10.6. The number of nitrogens with zero attached hydrogens (tertiary/aromatic N) is 2. The van der Waals surface area contributed by atoms with Gasteiger partial charge in [0, 0.05) is 24.4 Å². The molecule has 0 bridgehead atoms. The van der Waals surface area contributed by atoms with Crippen molar-refractivity contribution in [1.82, 2.24) is 9.88 Å². The molecule has 1 aromatic heterocycles. The third-order valence-electron chi connectivity index (χ3n) is 5.48. The summed E-state index contributed by atoms with van der Waals surface area (Å²) >= 11 is 0. The number of likely N-dealkylation sites (tertiary alicyclic amines) is 1. The number of hydrogen-bond donors (Lipinski definition) is 1. The van der Waals surface area contributed by atoms with Crippen LogP contribution in [0.1, 0.15) is 61.9 Å². The molecule has 5 nitrogen and oxygen atoms in total. The highest BCUT2D eigenvalue weighted by atomic mass is 16.4. The Morgan fingerprint density at radius 1 is 1.24 bits per heavy atom. The molecule has 1 fully saturated rings. The molecule has 1 aliphatic carbocycles. The van der Waals surface area contributed by atoms with E-state index in [0.29, 0.717) is 18.9 Å². The number of hydrogen-bond acceptors (Lipinski definition) is 3. The fourth-order valence-corrected chi connectivity index (χ4v) is 4.02. The Morgan fingerprint density at radius 2 is 2.08 bits per heavy atom. The van der Waals surface area contributed by atoms with Gasteiger partial charge < -0.3 is 10.0 Å². The minimum Gasteiger partial charge on any atom is -0.480 e. The zero-order valence-electron chi connectivity index (χ0n) is 14.9. The van der Waals surface area contributed by atoms with E-state index < -0.39 is 5.97 Å². The normalized spacial score (nSPS) is 20.4. The highest BCUT2D eigenvalue weighted by Gasteiger charge is 2.26. The quantitative estimate of drug-likeness (QED) is 0.772. The molecule has 1 saturated heterocycles. The molecule has 3 rings (SSSR count). The molecule has 0 radical (unpaired) electrons. The number of unbranched alkanes of at least 4 members (excludes halogenated alkanes) is 1. The molecule has 1 N–H and O–H groups in total. The minimum absolute atomic E-state index is 0.00463. The SMILES string of the molecule is O=C(O)CN1CCC(CCCCc2ccc3c(n2)CCCC3)CC1=O. The van der Waals surface area contributed by atoms with Crippen molar-refractivity contribution in [3.8, 4) is 0 Å². The summed E-state index contributed by atoms with van der Waals surface area (Å²) in [5.41, 5.74) is 3.94. The number of fused-ring (bicyclic) bond motifs is 1. The third kappa shape index (κ3) is 5.03. The maximum Gasteiger partial charge on any atom is 0.323 e. The van der Waals surface area contributed by atoms with Gasteiger partial charge in [0.25, 0.3) is 0 Å². The van der Waals surface area contributed by atoms with Gasteiger partial charge in [-0.1, -0.05) is 12.5 Å². The van der Waals surface area contributed by atoms with Crippen LogP contribution < -0.4 is 0 Å². The molecule has 1 aromatic rings. The lowest BCUT2D eigenvalue weighted by Crippen LogP contribution is -2.41. The van der Waals surface area contributed by atoms with Crippen molar-refractivity contribution in [3.05, 3.63) is 29.1 Å². The number of aromatic nitrogens is 1. The van der Waals surface area contributed by atoms with Crippen molar-refractivity contribution in [1.29, 1.82) is 0 Å². The van der Waals surface area contributed by atoms with Crippen molar-refractivity contribution in [2.75, 3.05) is 13.1 Å². The largest absolute Gasteiger partial charge is 0.480 e. The molecule has 2 heterocycles. The van der Waals surface area contributed by atoms with Gasteiger partial charge in [0.05, 0.1) is 0 Å². The standard InChI is InChI=1S/C20H28N2O3/c23-19-13-15(11-12-22(19)14-20(24)25)5-1-3-7-17-10-9-16-6-2-4-8-18(16)21-17/h9-10,15H,1-8,11-14H2,(H,24,25). The van der Waals surface area contributed by atoms with Crippen molar-refractivity contribution >= 4 is 11.9 Å². The number of aliphatic carboxylic acids is 1. The van der Waals surface area contributed by atoms with Crippen LogP contribution in [0.3, 0.4) is 0 Å². The smallest absolute Gasteiger partial charge is 0.323 e. The fraction of sp³-hybridized carbons (Fsp3) is 0.650. The van der Waals surface area contributed by atoms with E-state index in [4.69, 9.17) is 10.1 Å². The Balaban J connectivity index is 1.38. The Bertz CT molecular complexity index is 629. The zero-order valence-corrected chi connectivity index (χ0v) is 14.9. The topological polar surface area (TPSA) is 70.5 Å². The third-order valence-corrected chi connectivity index (χ3v) is 5.48. The van der Waals surface area contributed by atoms with E-state index in [-0.39, 0.29) is 12.5 Å². The van der Waals surface area contributed by atoms with Gasteiger partial charge in [0.2, 0.25) is 5.91 Å². The number of rotatable bonds is 7. The molecule has 0 aromatic carbocycles. The summed E-state index contributed by atoms with van der Waals surface area (Å²) in [4.78, 5) is 29.0. The van der Waals surface area contributed by atoms with E-state index in [9.17, 15) is 9.59 Å². The molecule has 1 amide bonds. The maximum absolute atomic E-state index is 12.0. The fourth-order valence-electron chi connectivity index (χ4n) is 4.02. The molecule has 1 atom stereocenters. The molecule has 0 spiro atoms. The number of aryl methyl sites for hydroxylation is 3. The van der Waals surface area contributed by atoms with E-state index in [1.807, 2.05) is 0 Å². The average molecular weight is 344 g/mol. The molecular weight excluding hydrogens is 316 g/mol. The van der Waals surface area contributed by atoms with E-state index in [1.54, 1.807) is 0 Å². The lowest BCUT2D eigenvalue weighted by molar-refractivity contribution is -0.146. The van der Waals surface area contributed by atoms with Gasteiger partial charge in [-0.3, -0.25) is 14.6 Å². The first-order valence-electron chi connectivity index (χ1n) is 9.59. The first-order chi connectivity index (χ1) is 12.1. The number of carboxylic acids is 1. The van der Waals surface area contributed by atoms with E-state index in [0.717, 1.165) is 38.5 Å². The number of carbonyl (C=O) groups excluding carboxylic acids is 1. The monoisotopic (exact) mass is 344 g/mol. The van der Waals surface area contributed by atoms with Crippen LogP contribution in [0.25, 0.3) is 0 Å². The van der Waals surface area contributed by atoms with Crippen LogP contribution in [0.4, 0.5) is 0 Å². The first-order valence-corrected chi connectivity index (χ1v) is 9.59. The summed E-state index contributed by atoms with van der Waals surface area (Å²) in [6.45, 7) is 0.428. The minimum atomic E-state index is -0.927. The number of amides is 1. The van der Waals surface area contributed by atoms with Crippen molar-refractivity contribution in [3.63, 3.8) is 0 Å². The second kappa shape index (κ2) is 8.45. The Labute approximate surface area is 149 Å². The van der Waals surface area contributed by atoms with Gasteiger partial charge in [-0.2, -0.15) is 0 Å². The van der Waals surface area contributed by atoms with Crippen molar-refractivity contribution < 1.29 is 14.7 Å². The lowest BCUT2D eigenvalue weighted by atomic mass is 9.90. The summed E-state index contributed by atoms with van der Waals surface area (Å²) in [6, 6.07) is 4.44. The molecular formula is C20H28N2O3. The van der Waals surface area contributed by atoms with Crippen molar-refractivity contribution in [2.45, 2.75) is 64.2 Å². The molecule has 0 saturated carbocycles. The van der Waals surface area contributed by atoms with Crippen molar-refractivity contribution in [2.24, 2.45) is 5.92 Å². The highest BCUT2D eigenvalue weighted by molar-refractivity contribution is 5.82. The predicted molar refractivity (Wildman–Crippen MR) is 95.4 cm³/mol. The van der Waals surface area contributed by atoms with Crippen LogP contribution in [-0.4, -0.2) is 40.0 Å². The number of carbonyl (C=O) groups is 2. The van der Waals surface area contributed by atoms with Gasteiger partial charge in [-0.05, 0) is 68.9 Å². The van der Waals surface area contributed by atoms with Crippen LogP contribution in [0.5, 0.6) is 0 Å². The van der Waals surface area contributed by atoms with Gasteiger partial charge in [-0.25, -0.2) is 0 Å².